The van der Waals surface area contributed by atoms with Crippen molar-refractivity contribution in [3.63, 3.8) is 0 Å². The minimum atomic E-state index is -0.142. The maximum Gasteiger partial charge on any atom is 0.248 e. The van der Waals surface area contributed by atoms with Gasteiger partial charge in [0, 0.05) is 19.0 Å². The van der Waals surface area contributed by atoms with Crippen LogP contribution in [-0.2, 0) is 14.4 Å². The van der Waals surface area contributed by atoms with Gasteiger partial charge in [0.05, 0.1) is 13.0 Å². The quantitative estimate of drug-likeness (QED) is 0.718. The van der Waals surface area contributed by atoms with Crippen LogP contribution in [-0.4, -0.2) is 36.9 Å². The topological polar surface area (TPSA) is 58.6 Å². The van der Waals surface area contributed by atoms with E-state index < -0.39 is 0 Å². The summed E-state index contributed by atoms with van der Waals surface area (Å²) in [5, 5.41) is 0. The molecule has 5 nitrogen and oxygen atoms in total. The van der Waals surface area contributed by atoms with Gasteiger partial charge in [0.1, 0.15) is 0 Å². The molecular formula is C11H20N2O3. The molecule has 16 heavy (non-hydrogen) atoms. The molecule has 2 amide bonds. The molecule has 0 aliphatic carbocycles. The Bertz CT molecular complexity index is 266. The van der Waals surface area contributed by atoms with Crippen LogP contribution < -0.4 is 5.48 Å². The van der Waals surface area contributed by atoms with Crippen LogP contribution in [0, 0.1) is 11.8 Å². The van der Waals surface area contributed by atoms with Crippen LogP contribution in [0.25, 0.3) is 0 Å². The summed E-state index contributed by atoms with van der Waals surface area (Å²) < 4.78 is 0. The fourth-order valence-corrected chi connectivity index (χ4v) is 1.94. The van der Waals surface area contributed by atoms with Crippen LogP contribution >= 0.6 is 0 Å². The fraction of sp³-hybridized carbons (Fsp3) is 0.818. The summed E-state index contributed by atoms with van der Waals surface area (Å²) in [6.45, 7) is 5.02. The minimum Gasteiger partial charge on any atom is -0.342 e. The Morgan fingerprint density at radius 2 is 2.12 bits per heavy atom. The number of piperidine rings is 1. The molecule has 0 unspecified atom stereocenters. The molecule has 0 aromatic heterocycles. The first-order valence-corrected chi connectivity index (χ1v) is 5.68. The van der Waals surface area contributed by atoms with Gasteiger partial charge >= 0.3 is 0 Å². The first-order chi connectivity index (χ1) is 7.56. The van der Waals surface area contributed by atoms with Gasteiger partial charge in [-0.25, -0.2) is 5.48 Å². The molecule has 0 radical (unpaired) electrons. The molecule has 1 aliphatic heterocycles. The van der Waals surface area contributed by atoms with Gasteiger partial charge in [0.2, 0.25) is 11.8 Å². The summed E-state index contributed by atoms with van der Waals surface area (Å²) in [4.78, 5) is 29.7. The van der Waals surface area contributed by atoms with E-state index >= 15 is 0 Å². The minimum absolute atomic E-state index is 0.00997. The number of hydrogen-bond acceptors (Lipinski definition) is 3. The van der Waals surface area contributed by atoms with Gasteiger partial charge in [-0.3, -0.25) is 14.4 Å². The van der Waals surface area contributed by atoms with E-state index in [9.17, 15) is 9.59 Å². The molecule has 0 aromatic rings. The van der Waals surface area contributed by atoms with Gasteiger partial charge in [-0.1, -0.05) is 13.8 Å². The van der Waals surface area contributed by atoms with Crippen LogP contribution in [0.4, 0.5) is 0 Å². The highest BCUT2D eigenvalue weighted by atomic mass is 16.6. The Morgan fingerprint density at radius 3 is 2.69 bits per heavy atom. The second-order valence-corrected chi connectivity index (χ2v) is 4.45. The summed E-state index contributed by atoms with van der Waals surface area (Å²) in [7, 11) is 1.41. The van der Waals surface area contributed by atoms with Gasteiger partial charge in [-0.15, -0.1) is 0 Å². The molecule has 1 atom stereocenters. The number of carbonyl (C=O) groups excluding carboxylic acids is 2. The van der Waals surface area contributed by atoms with Gasteiger partial charge in [-0.05, 0) is 12.8 Å². The van der Waals surface area contributed by atoms with Crippen LogP contribution in [0.2, 0.25) is 0 Å². The molecule has 1 saturated heterocycles. The zero-order valence-electron chi connectivity index (χ0n) is 10.2. The van der Waals surface area contributed by atoms with E-state index in [1.54, 1.807) is 4.90 Å². The summed E-state index contributed by atoms with van der Waals surface area (Å²) >= 11 is 0. The summed E-state index contributed by atoms with van der Waals surface area (Å²) in [5.41, 5.74) is 2.33. The van der Waals surface area contributed by atoms with Gasteiger partial charge in [0.15, 0.2) is 0 Å². The molecule has 1 rings (SSSR count). The number of nitrogens with zero attached hydrogens (tertiary/aromatic N) is 1. The van der Waals surface area contributed by atoms with Crippen molar-refractivity contribution in [2.24, 2.45) is 11.8 Å². The monoisotopic (exact) mass is 228 g/mol. The zero-order chi connectivity index (χ0) is 12.1. The van der Waals surface area contributed by atoms with E-state index in [1.807, 2.05) is 13.8 Å². The predicted octanol–water partition coefficient (Wildman–Crippen LogP) is 0.559. The molecule has 1 heterocycles. The second-order valence-electron chi connectivity index (χ2n) is 4.45. The van der Waals surface area contributed by atoms with Gasteiger partial charge < -0.3 is 4.90 Å². The van der Waals surface area contributed by atoms with E-state index in [2.05, 4.69) is 10.3 Å². The van der Waals surface area contributed by atoms with Gasteiger partial charge in [0.25, 0.3) is 0 Å². The van der Waals surface area contributed by atoms with Gasteiger partial charge in [-0.2, -0.15) is 0 Å². The third kappa shape index (κ3) is 3.20. The van der Waals surface area contributed by atoms with E-state index in [1.165, 1.54) is 7.11 Å². The maximum atomic E-state index is 11.8. The highest BCUT2D eigenvalue weighted by molar-refractivity contribution is 5.81. The third-order valence-corrected chi connectivity index (χ3v) is 2.80. The molecule has 1 N–H and O–H groups in total. The summed E-state index contributed by atoms with van der Waals surface area (Å²) in [6, 6.07) is 0. The average Bonchev–Trinajstić information content (AvgIpc) is 2.28. The lowest BCUT2D eigenvalue weighted by atomic mass is 9.96. The number of hydrogen-bond donors (Lipinski definition) is 1. The van der Waals surface area contributed by atoms with Crippen molar-refractivity contribution in [2.75, 3.05) is 20.2 Å². The molecule has 0 bridgehead atoms. The molecule has 0 saturated carbocycles. The van der Waals surface area contributed by atoms with Crippen molar-refractivity contribution in [2.45, 2.75) is 26.7 Å². The number of nitrogens with one attached hydrogen (secondary N) is 1. The van der Waals surface area contributed by atoms with Crippen molar-refractivity contribution < 1.29 is 14.4 Å². The van der Waals surface area contributed by atoms with E-state index in [0.29, 0.717) is 6.54 Å². The number of likely N-dealkylation sites (tertiary alicyclic amines) is 1. The van der Waals surface area contributed by atoms with Crippen molar-refractivity contribution in [1.82, 2.24) is 10.4 Å². The van der Waals surface area contributed by atoms with E-state index in [-0.39, 0.29) is 23.7 Å². The lowest BCUT2D eigenvalue weighted by Crippen LogP contribution is -2.46. The van der Waals surface area contributed by atoms with Crippen LogP contribution in [0.15, 0.2) is 0 Å². The first kappa shape index (κ1) is 13.0. The standard InChI is InChI=1S/C11H20N2O3/c1-8(2)11(15)13-6-4-5-9(7-13)10(14)12-16-3/h8-9H,4-7H2,1-3H3,(H,12,14)/t9-/m0/s1. The Hall–Kier alpha value is -1.10. The molecular weight excluding hydrogens is 208 g/mol. The predicted molar refractivity (Wildman–Crippen MR) is 59.3 cm³/mol. The third-order valence-electron chi connectivity index (χ3n) is 2.80. The van der Waals surface area contributed by atoms with Crippen molar-refractivity contribution in [1.29, 1.82) is 0 Å². The largest absolute Gasteiger partial charge is 0.342 e. The van der Waals surface area contributed by atoms with E-state index in [0.717, 1.165) is 19.4 Å². The number of rotatable bonds is 3. The van der Waals surface area contributed by atoms with Crippen LogP contribution in [0.3, 0.4) is 0 Å². The molecule has 1 fully saturated rings. The van der Waals surface area contributed by atoms with Crippen LogP contribution in [0.1, 0.15) is 26.7 Å². The molecule has 1 aliphatic rings. The normalized spacial score (nSPS) is 21.0. The summed E-state index contributed by atoms with van der Waals surface area (Å²) in [5.74, 6) is -0.167. The average molecular weight is 228 g/mol. The zero-order valence-corrected chi connectivity index (χ0v) is 10.2. The van der Waals surface area contributed by atoms with E-state index in [4.69, 9.17) is 0 Å². The number of carbonyl (C=O) groups is 2. The smallest absolute Gasteiger partial charge is 0.248 e. The van der Waals surface area contributed by atoms with Crippen LogP contribution in [0.5, 0.6) is 0 Å². The molecule has 5 heteroatoms. The Balaban J connectivity index is 2.53. The molecule has 0 aromatic carbocycles. The SMILES string of the molecule is CONC(=O)[C@H]1CCCN(C(=O)C(C)C)C1. The Kier molecular flexibility index (Phi) is 4.73. The highest BCUT2D eigenvalue weighted by Crippen LogP contribution is 2.18. The van der Waals surface area contributed by atoms with Crippen molar-refractivity contribution in [3.05, 3.63) is 0 Å². The Morgan fingerprint density at radius 1 is 1.44 bits per heavy atom. The Labute approximate surface area is 96.1 Å². The molecule has 92 valence electrons. The number of amides is 2. The highest BCUT2D eigenvalue weighted by Gasteiger charge is 2.29. The number of hydroxylamine groups is 1. The lowest BCUT2D eigenvalue weighted by Gasteiger charge is -2.32. The second kappa shape index (κ2) is 5.84. The first-order valence-electron chi connectivity index (χ1n) is 5.68. The maximum absolute atomic E-state index is 11.8. The van der Waals surface area contributed by atoms with Crippen molar-refractivity contribution >= 4 is 11.8 Å². The summed E-state index contributed by atoms with van der Waals surface area (Å²) in [6.07, 6.45) is 1.69. The molecule has 0 spiro atoms. The van der Waals surface area contributed by atoms with Crippen molar-refractivity contribution in [3.8, 4) is 0 Å². The lowest BCUT2D eigenvalue weighted by molar-refractivity contribution is -0.142. The fourth-order valence-electron chi connectivity index (χ4n) is 1.94.